The van der Waals surface area contributed by atoms with Crippen molar-refractivity contribution in [3.8, 4) is 0 Å². The van der Waals surface area contributed by atoms with Gasteiger partial charge in [-0.3, -0.25) is 9.78 Å². The van der Waals surface area contributed by atoms with Gasteiger partial charge >= 0.3 is 0 Å². The number of carbonyl (C=O) groups is 1. The maximum atomic E-state index is 12.6. The van der Waals surface area contributed by atoms with Gasteiger partial charge in [0.2, 0.25) is 5.96 Å². The summed E-state index contributed by atoms with van der Waals surface area (Å²) in [6.45, 7) is 3.91. The van der Waals surface area contributed by atoms with Gasteiger partial charge in [0.25, 0.3) is 16.1 Å². The molecule has 1 amide bonds. The number of guanidine groups is 1. The first kappa shape index (κ1) is 22.6. The van der Waals surface area contributed by atoms with E-state index in [-0.39, 0.29) is 17.8 Å². The summed E-state index contributed by atoms with van der Waals surface area (Å²) in [7, 11) is -4.09. The number of nitrogens with two attached hydrogens (primary N) is 1. The Morgan fingerprint density at radius 3 is 2.48 bits per heavy atom. The van der Waals surface area contributed by atoms with Crippen LogP contribution in [-0.2, 0) is 10.2 Å². The minimum Gasteiger partial charge on any atom is -0.330 e. The van der Waals surface area contributed by atoms with Crippen molar-refractivity contribution in [1.82, 2.24) is 15.0 Å². The highest BCUT2D eigenvalue weighted by molar-refractivity contribution is 7.87. The Morgan fingerprint density at radius 1 is 1.24 bits per heavy atom. The van der Waals surface area contributed by atoms with Crippen molar-refractivity contribution in [3.63, 3.8) is 0 Å². The third-order valence-corrected chi connectivity index (χ3v) is 4.28. The fourth-order valence-electron chi connectivity index (χ4n) is 2.37. The third kappa shape index (κ3) is 8.46. The molecule has 0 aliphatic heterocycles. The topological polar surface area (TPSA) is 139 Å². The molecule has 156 valence electrons. The zero-order chi connectivity index (χ0) is 21.4. The van der Waals surface area contributed by atoms with Crippen LogP contribution in [0.25, 0.3) is 0 Å². The van der Waals surface area contributed by atoms with Gasteiger partial charge in [0.15, 0.2) is 0 Å². The number of hydrogen-bond acceptors (Lipinski definition) is 5. The normalized spacial score (nSPS) is 13.1. The van der Waals surface area contributed by atoms with Crippen molar-refractivity contribution in [2.45, 2.75) is 26.4 Å². The summed E-state index contributed by atoms with van der Waals surface area (Å²) in [6.07, 6.45) is 2.81. The number of aromatic nitrogens is 1. The van der Waals surface area contributed by atoms with Gasteiger partial charge in [-0.25, -0.2) is 14.9 Å². The van der Waals surface area contributed by atoms with Crippen molar-refractivity contribution in [1.29, 1.82) is 0 Å². The summed E-state index contributed by atoms with van der Waals surface area (Å²) in [4.78, 5) is 20.8. The number of nitrogens with one attached hydrogen (secondary N) is 3. The molecular formula is C18H23ClN6O3S. The molecule has 2 aromatic rings. The minimum absolute atomic E-state index is 0.137. The average Bonchev–Trinajstić information content (AvgIpc) is 2.61. The zero-order valence-electron chi connectivity index (χ0n) is 16.0. The van der Waals surface area contributed by atoms with Gasteiger partial charge in [-0.05, 0) is 48.7 Å². The smallest absolute Gasteiger partial charge is 0.298 e. The summed E-state index contributed by atoms with van der Waals surface area (Å²) >= 11 is 5.85. The van der Waals surface area contributed by atoms with Gasteiger partial charge in [0, 0.05) is 16.8 Å². The Kier molecular flexibility index (Phi) is 7.94. The molecule has 0 aliphatic carbocycles. The summed E-state index contributed by atoms with van der Waals surface area (Å²) < 4.78 is 25.2. The molecule has 29 heavy (non-hydrogen) atoms. The molecule has 11 heteroatoms. The lowest BCUT2D eigenvalue weighted by atomic mass is 10.1. The molecule has 0 bridgehead atoms. The monoisotopic (exact) mass is 438 g/mol. The Morgan fingerprint density at radius 2 is 1.93 bits per heavy atom. The van der Waals surface area contributed by atoms with E-state index < -0.39 is 16.4 Å². The van der Waals surface area contributed by atoms with E-state index in [2.05, 4.69) is 25.3 Å². The molecule has 0 saturated carbocycles. The highest BCUT2D eigenvalue weighted by Crippen LogP contribution is 2.12. The first-order valence-electron chi connectivity index (χ1n) is 8.74. The number of nitrogens with zero attached hydrogens (tertiary/aromatic N) is 2. The van der Waals surface area contributed by atoms with E-state index in [1.165, 1.54) is 6.20 Å². The number of benzene rings is 1. The second-order valence-electron chi connectivity index (χ2n) is 6.62. The van der Waals surface area contributed by atoms with Crippen LogP contribution in [0, 0.1) is 5.92 Å². The summed E-state index contributed by atoms with van der Waals surface area (Å²) in [5, 5.41) is 11.2. The van der Waals surface area contributed by atoms with Crippen LogP contribution < -0.4 is 20.5 Å². The van der Waals surface area contributed by atoms with E-state index in [1.54, 1.807) is 42.6 Å². The number of hydrogen-bond donors (Lipinski definition) is 4. The Balaban J connectivity index is 2.28. The van der Waals surface area contributed by atoms with E-state index in [9.17, 15) is 13.2 Å². The molecule has 1 aromatic carbocycles. The van der Waals surface area contributed by atoms with Crippen LogP contribution >= 0.6 is 11.6 Å². The maximum absolute atomic E-state index is 12.6. The number of carbonyl (C=O) groups excluding carboxylic acids is 1. The van der Waals surface area contributed by atoms with Gasteiger partial charge in [-0.15, -0.1) is 0 Å². The van der Waals surface area contributed by atoms with Crippen LogP contribution in [0.5, 0.6) is 0 Å². The first-order valence-corrected chi connectivity index (χ1v) is 10.7. The fraction of sp³-hybridized carbons (Fsp3) is 0.278. The van der Waals surface area contributed by atoms with Crippen molar-refractivity contribution in [2.24, 2.45) is 16.0 Å². The van der Waals surface area contributed by atoms with Crippen LogP contribution in [0.2, 0.25) is 5.02 Å². The highest BCUT2D eigenvalue weighted by atomic mass is 35.5. The first-order chi connectivity index (χ1) is 13.6. The lowest BCUT2D eigenvalue weighted by Crippen LogP contribution is -2.43. The van der Waals surface area contributed by atoms with Gasteiger partial charge in [0.1, 0.15) is 6.17 Å². The standard InChI is InChI=1S/C18H23ClN6O3S/c1-12(2)10-16(23-17(26)13-5-7-14(19)8-6-13)24-18(25-29(20,27)28)22-15-4-3-9-21-11-15/h3-9,11-12,16H,10H2,1-2H3,(H,23,26)(H2,20,27,28)(H2,22,24,25). The third-order valence-electron chi connectivity index (χ3n) is 3.55. The van der Waals surface area contributed by atoms with Gasteiger partial charge < -0.3 is 10.6 Å². The second kappa shape index (κ2) is 10.2. The molecule has 1 heterocycles. The van der Waals surface area contributed by atoms with Crippen molar-refractivity contribution in [3.05, 3.63) is 59.4 Å². The van der Waals surface area contributed by atoms with Crippen molar-refractivity contribution in [2.75, 3.05) is 5.32 Å². The predicted octanol–water partition coefficient (Wildman–Crippen LogP) is 2.10. The molecule has 0 aliphatic rings. The lowest BCUT2D eigenvalue weighted by molar-refractivity contribution is 0.0934. The van der Waals surface area contributed by atoms with E-state index in [0.717, 1.165) is 0 Å². The van der Waals surface area contributed by atoms with Gasteiger partial charge in [-0.1, -0.05) is 25.4 Å². The number of aliphatic imine (C=N–C) groups is 1. The van der Waals surface area contributed by atoms with Crippen LogP contribution in [0.1, 0.15) is 30.6 Å². The Labute approximate surface area is 175 Å². The molecule has 0 fully saturated rings. The second-order valence-corrected chi connectivity index (χ2v) is 8.35. The van der Waals surface area contributed by atoms with Crippen LogP contribution in [-0.4, -0.2) is 31.4 Å². The molecule has 9 nitrogen and oxygen atoms in total. The summed E-state index contributed by atoms with van der Waals surface area (Å²) in [5.74, 6) is -0.335. The van der Waals surface area contributed by atoms with Crippen molar-refractivity contribution >= 4 is 39.4 Å². The largest absolute Gasteiger partial charge is 0.330 e. The molecular weight excluding hydrogens is 416 g/mol. The molecule has 0 radical (unpaired) electrons. The van der Waals surface area contributed by atoms with E-state index >= 15 is 0 Å². The van der Waals surface area contributed by atoms with Crippen LogP contribution in [0.4, 0.5) is 5.69 Å². The zero-order valence-corrected chi connectivity index (χ0v) is 17.5. The quantitative estimate of drug-likeness (QED) is 0.387. The summed E-state index contributed by atoms with van der Waals surface area (Å²) in [5.41, 5.74) is 0.897. The molecule has 0 spiro atoms. The number of halogens is 1. The number of anilines is 1. The van der Waals surface area contributed by atoms with E-state index in [4.69, 9.17) is 16.7 Å². The van der Waals surface area contributed by atoms with Gasteiger partial charge in [0.05, 0.1) is 11.9 Å². The van der Waals surface area contributed by atoms with Crippen LogP contribution in [0.15, 0.2) is 53.8 Å². The minimum atomic E-state index is -4.09. The molecule has 1 unspecified atom stereocenters. The Hall–Kier alpha value is -2.69. The number of pyridine rings is 1. The number of rotatable bonds is 7. The Bertz CT molecular complexity index is 949. The molecule has 5 N–H and O–H groups in total. The fourth-order valence-corrected chi connectivity index (χ4v) is 2.87. The van der Waals surface area contributed by atoms with Gasteiger partial charge in [-0.2, -0.15) is 8.42 Å². The predicted molar refractivity (Wildman–Crippen MR) is 114 cm³/mol. The molecule has 2 rings (SSSR count). The van der Waals surface area contributed by atoms with E-state index in [1.807, 2.05) is 13.8 Å². The number of amides is 1. The summed E-state index contributed by atoms with van der Waals surface area (Å²) in [6, 6.07) is 9.74. The highest BCUT2D eigenvalue weighted by Gasteiger charge is 2.17. The lowest BCUT2D eigenvalue weighted by Gasteiger charge is -2.19. The average molecular weight is 439 g/mol. The molecule has 1 aromatic heterocycles. The molecule has 0 saturated heterocycles. The molecule has 1 atom stereocenters. The van der Waals surface area contributed by atoms with E-state index in [0.29, 0.717) is 22.7 Å². The SMILES string of the molecule is CC(C)CC(/N=C(\Nc1cccnc1)NS(N)(=O)=O)NC(=O)c1ccc(Cl)cc1. The van der Waals surface area contributed by atoms with Crippen LogP contribution in [0.3, 0.4) is 0 Å². The van der Waals surface area contributed by atoms with Crippen molar-refractivity contribution < 1.29 is 13.2 Å². The maximum Gasteiger partial charge on any atom is 0.298 e.